The first-order valence-corrected chi connectivity index (χ1v) is 5.02. The van der Waals surface area contributed by atoms with Crippen molar-refractivity contribution in [3.05, 3.63) is 0 Å². The van der Waals surface area contributed by atoms with Gasteiger partial charge in [0.15, 0.2) is 0 Å². The molecule has 1 fully saturated rings. The predicted octanol–water partition coefficient (Wildman–Crippen LogP) is 2.81. The Labute approximate surface area is 71.6 Å². The maximum atomic E-state index is 3.47. The summed E-state index contributed by atoms with van der Waals surface area (Å²) in [7, 11) is 0. The monoisotopic (exact) mass is 157 g/mol. The molecule has 0 saturated carbocycles. The summed E-state index contributed by atoms with van der Waals surface area (Å²) >= 11 is 0. The summed E-state index contributed by atoms with van der Waals surface area (Å²) in [6.07, 6.45) is 4.14. The van der Waals surface area contributed by atoms with E-state index in [0.717, 1.165) is 12.0 Å². The van der Waals surface area contributed by atoms with Gasteiger partial charge in [-0.15, -0.1) is 0 Å². The quantitative estimate of drug-likeness (QED) is 0.570. The number of rotatable bonds is 0. The smallest absolute Gasteiger partial charge is 0.00388 e. The molecular formula is C10H23N. The molecule has 2 atom stereocenters. The van der Waals surface area contributed by atoms with Gasteiger partial charge in [0.2, 0.25) is 0 Å². The standard InChI is InChI=1S/C8H17N.C2H6/c1-7-3-4-8(2)9-6-5-7;1-2/h7-9H,3-6H2,1-2H3;1-2H3. The highest BCUT2D eigenvalue weighted by molar-refractivity contribution is 4.68. The lowest BCUT2D eigenvalue weighted by molar-refractivity contribution is 0.507. The van der Waals surface area contributed by atoms with E-state index in [1.165, 1.54) is 25.8 Å². The second-order valence-corrected chi connectivity index (χ2v) is 3.33. The van der Waals surface area contributed by atoms with Crippen LogP contribution in [0.25, 0.3) is 0 Å². The van der Waals surface area contributed by atoms with Crippen LogP contribution in [0.3, 0.4) is 0 Å². The molecule has 1 rings (SSSR count). The Morgan fingerprint density at radius 1 is 1.00 bits per heavy atom. The van der Waals surface area contributed by atoms with Crippen LogP contribution in [0.4, 0.5) is 0 Å². The van der Waals surface area contributed by atoms with Crippen molar-refractivity contribution in [1.29, 1.82) is 0 Å². The highest BCUT2D eigenvalue weighted by atomic mass is 14.9. The minimum atomic E-state index is 0.759. The van der Waals surface area contributed by atoms with E-state index in [-0.39, 0.29) is 0 Å². The fourth-order valence-corrected chi connectivity index (χ4v) is 1.36. The van der Waals surface area contributed by atoms with Crippen LogP contribution in [-0.4, -0.2) is 12.6 Å². The normalized spacial score (nSPS) is 31.6. The molecule has 0 aromatic heterocycles. The van der Waals surface area contributed by atoms with Crippen molar-refractivity contribution in [2.24, 2.45) is 5.92 Å². The van der Waals surface area contributed by atoms with E-state index in [2.05, 4.69) is 19.2 Å². The lowest BCUT2D eigenvalue weighted by Crippen LogP contribution is -2.24. The van der Waals surface area contributed by atoms with Gasteiger partial charge in [-0.2, -0.15) is 0 Å². The summed E-state index contributed by atoms with van der Waals surface area (Å²) in [6.45, 7) is 9.85. The molecule has 1 N–H and O–H groups in total. The molecule has 0 bridgehead atoms. The molecule has 0 aromatic carbocycles. The third kappa shape index (κ3) is 5.25. The molecule has 0 aliphatic carbocycles. The second kappa shape index (κ2) is 6.66. The van der Waals surface area contributed by atoms with Gasteiger partial charge in [0.1, 0.15) is 0 Å². The van der Waals surface area contributed by atoms with Crippen LogP contribution in [0.2, 0.25) is 0 Å². The van der Waals surface area contributed by atoms with E-state index in [9.17, 15) is 0 Å². The van der Waals surface area contributed by atoms with Crippen molar-refractivity contribution in [2.45, 2.75) is 53.0 Å². The van der Waals surface area contributed by atoms with Crippen LogP contribution in [0.1, 0.15) is 47.0 Å². The predicted molar refractivity (Wildman–Crippen MR) is 51.8 cm³/mol. The Morgan fingerprint density at radius 3 is 2.27 bits per heavy atom. The van der Waals surface area contributed by atoms with Gasteiger partial charge < -0.3 is 5.32 Å². The van der Waals surface area contributed by atoms with Crippen molar-refractivity contribution in [2.75, 3.05) is 6.54 Å². The van der Waals surface area contributed by atoms with Crippen LogP contribution in [-0.2, 0) is 0 Å². The van der Waals surface area contributed by atoms with Crippen molar-refractivity contribution in [3.63, 3.8) is 0 Å². The minimum absolute atomic E-state index is 0.759. The average molecular weight is 157 g/mol. The maximum Gasteiger partial charge on any atom is 0.00388 e. The zero-order valence-corrected chi connectivity index (χ0v) is 8.48. The van der Waals surface area contributed by atoms with E-state index in [1.54, 1.807) is 0 Å². The Bertz CT molecular complexity index is 70.9. The van der Waals surface area contributed by atoms with Crippen LogP contribution in [0, 0.1) is 5.92 Å². The molecule has 1 nitrogen and oxygen atoms in total. The average Bonchev–Trinajstić information content (AvgIpc) is 2.20. The largest absolute Gasteiger partial charge is 0.314 e. The molecule has 11 heavy (non-hydrogen) atoms. The van der Waals surface area contributed by atoms with Crippen molar-refractivity contribution >= 4 is 0 Å². The van der Waals surface area contributed by atoms with Crippen LogP contribution < -0.4 is 5.32 Å². The summed E-state index contributed by atoms with van der Waals surface area (Å²) in [5, 5.41) is 3.47. The third-order valence-electron chi connectivity index (χ3n) is 2.22. The van der Waals surface area contributed by atoms with Gasteiger partial charge in [-0.25, -0.2) is 0 Å². The van der Waals surface area contributed by atoms with Gasteiger partial charge in [-0.3, -0.25) is 0 Å². The minimum Gasteiger partial charge on any atom is -0.314 e. The van der Waals surface area contributed by atoms with E-state index in [0.29, 0.717) is 0 Å². The van der Waals surface area contributed by atoms with E-state index >= 15 is 0 Å². The second-order valence-electron chi connectivity index (χ2n) is 3.33. The van der Waals surface area contributed by atoms with Crippen LogP contribution >= 0.6 is 0 Å². The first-order chi connectivity index (χ1) is 5.29. The molecule has 1 heterocycles. The summed E-state index contributed by atoms with van der Waals surface area (Å²) in [5.74, 6) is 0.947. The molecule has 1 aliphatic rings. The SMILES string of the molecule is CC.CC1CCNC(C)CC1. The van der Waals surface area contributed by atoms with Crippen LogP contribution in [0.15, 0.2) is 0 Å². The van der Waals surface area contributed by atoms with Gasteiger partial charge >= 0.3 is 0 Å². The summed E-state index contributed by atoms with van der Waals surface area (Å²) < 4.78 is 0. The van der Waals surface area contributed by atoms with Gasteiger partial charge in [0, 0.05) is 6.04 Å². The van der Waals surface area contributed by atoms with Crippen molar-refractivity contribution < 1.29 is 0 Å². The topological polar surface area (TPSA) is 12.0 Å². The maximum absolute atomic E-state index is 3.47. The zero-order chi connectivity index (χ0) is 8.69. The van der Waals surface area contributed by atoms with Crippen molar-refractivity contribution in [1.82, 2.24) is 5.32 Å². The molecule has 2 unspecified atom stereocenters. The zero-order valence-electron chi connectivity index (χ0n) is 8.48. The highest BCUT2D eigenvalue weighted by Gasteiger charge is 2.10. The molecule has 1 aliphatic heterocycles. The fourth-order valence-electron chi connectivity index (χ4n) is 1.36. The molecule has 1 heteroatoms. The molecule has 0 spiro atoms. The van der Waals surface area contributed by atoms with E-state index in [4.69, 9.17) is 0 Å². The van der Waals surface area contributed by atoms with Crippen molar-refractivity contribution in [3.8, 4) is 0 Å². The van der Waals surface area contributed by atoms with Gasteiger partial charge in [0.25, 0.3) is 0 Å². The van der Waals surface area contributed by atoms with Gasteiger partial charge in [0.05, 0.1) is 0 Å². The van der Waals surface area contributed by atoms with E-state index < -0.39 is 0 Å². The molecule has 1 saturated heterocycles. The first kappa shape index (κ1) is 11.0. The van der Waals surface area contributed by atoms with Gasteiger partial charge in [-0.05, 0) is 38.6 Å². The molecule has 0 aromatic rings. The molecule has 0 radical (unpaired) electrons. The van der Waals surface area contributed by atoms with E-state index in [1.807, 2.05) is 13.8 Å². The Hall–Kier alpha value is -0.0400. The number of hydrogen-bond donors (Lipinski definition) is 1. The fraction of sp³-hybridized carbons (Fsp3) is 1.00. The molecule has 68 valence electrons. The Kier molecular flexibility index (Phi) is 6.63. The Balaban J connectivity index is 0.000000461. The highest BCUT2D eigenvalue weighted by Crippen LogP contribution is 2.14. The molecular weight excluding hydrogens is 134 g/mol. The van der Waals surface area contributed by atoms with Crippen LogP contribution in [0.5, 0.6) is 0 Å². The third-order valence-corrected chi connectivity index (χ3v) is 2.22. The number of hydrogen-bond acceptors (Lipinski definition) is 1. The Morgan fingerprint density at radius 2 is 1.64 bits per heavy atom. The lowest BCUT2D eigenvalue weighted by Gasteiger charge is -2.06. The molecule has 0 amide bonds. The number of nitrogens with one attached hydrogen (secondary N) is 1. The first-order valence-electron chi connectivity index (χ1n) is 5.02. The summed E-state index contributed by atoms with van der Waals surface area (Å²) in [4.78, 5) is 0. The summed E-state index contributed by atoms with van der Waals surface area (Å²) in [6, 6.07) is 0.759. The lowest BCUT2D eigenvalue weighted by atomic mass is 10.0. The summed E-state index contributed by atoms with van der Waals surface area (Å²) in [5.41, 5.74) is 0. The van der Waals surface area contributed by atoms with Gasteiger partial charge in [-0.1, -0.05) is 20.8 Å².